The molecule has 1 fully saturated rings. The number of aliphatic hydroxyl groups excluding tert-OH is 1. The molecule has 0 radical (unpaired) electrons. The first kappa shape index (κ1) is 16.0. The normalized spacial score (nSPS) is 25.6. The Bertz CT molecular complexity index is 489. The number of hydrogen-bond acceptors (Lipinski definition) is 4. The van der Waals surface area contributed by atoms with Crippen molar-refractivity contribution >= 4 is 5.97 Å². The second-order valence-corrected chi connectivity index (χ2v) is 6.14. The maximum Gasteiger partial charge on any atom is 0.338 e. The van der Waals surface area contributed by atoms with E-state index in [0.717, 1.165) is 24.8 Å². The standard InChI is InChI=1S/C17H25NO3/c1-13-6-5-9-17(10-13,12-19)18-11-14-7-3-4-8-15(14)16(20)21-2/h3-4,7-8,13,18-19H,5-6,9-12H2,1-2H3. The smallest absolute Gasteiger partial charge is 0.338 e. The molecule has 4 nitrogen and oxygen atoms in total. The van der Waals surface area contributed by atoms with Gasteiger partial charge in [-0.25, -0.2) is 4.79 Å². The first-order valence-corrected chi connectivity index (χ1v) is 7.62. The van der Waals surface area contributed by atoms with E-state index in [1.807, 2.05) is 18.2 Å². The minimum absolute atomic E-state index is 0.137. The summed E-state index contributed by atoms with van der Waals surface area (Å²) in [6.45, 7) is 2.93. The van der Waals surface area contributed by atoms with Crippen LogP contribution in [0.3, 0.4) is 0 Å². The average Bonchev–Trinajstić information content (AvgIpc) is 2.52. The summed E-state index contributed by atoms with van der Waals surface area (Å²) in [5, 5.41) is 13.3. The summed E-state index contributed by atoms with van der Waals surface area (Å²) in [6.07, 6.45) is 4.31. The minimum Gasteiger partial charge on any atom is -0.465 e. The number of ether oxygens (including phenoxy) is 1. The van der Waals surface area contributed by atoms with Gasteiger partial charge in [0.15, 0.2) is 0 Å². The molecule has 0 spiro atoms. The summed E-state index contributed by atoms with van der Waals surface area (Å²) >= 11 is 0. The van der Waals surface area contributed by atoms with Crippen molar-refractivity contribution < 1.29 is 14.6 Å². The van der Waals surface area contributed by atoms with Gasteiger partial charge in [-0.15, -0.1) is 0 Å². The van der Waals surface area contributed by atoms with Gasteiger partial charge in [-0.2, -0.15) is 0 Å². The topological polar surface area (TPSA) is 58.6 Å². The zero-order chi connectivity index (χ0) is 15.3. The van der Waals surface area contributed by atoms with Crippen molar-refractivity contribution in [1.29, 1.82) is 0 Å². The van der Waals surface area contributed by atoms with Gasteiger partial charge in [0.2, 0.25) is 0 Å². The summed E-state index contributed by atoms with van der Waals surface area (Å²) in [7, 11) is 1.39. The molecular weight excluding hydrogens is 266 g/mol. The highest BCUT2D eigenvalue weighted by Crippen LogP contribution is 2.32. The Morgan fingerprint density at radius 2 is 2.24 bits per heavy atom. The lowest BCUT2D eigenvalue weighted by molar-refractivity contribution is 0.0598. The quantitative estimate of drug-likeness (QED) is 0.818. The van der Waals surface area contributed by atoms with Crippen LogP contribution in [-0.2, 0) is 11.3 Å². The van der Waals surface area contributed by atoms with Gasteiger partial charge in [-0.05, 0) is 30.4 Å². The molecule has 2 rings (SSSR count). The van der Waals surface area contributed by atoms with Crippen molar-refractivity contribution in [3.8, 4) is 0 Å². The molecule has 21 heavy (non-hydrogen) atoms. The zero-order valence-corrected chi connectivity index (χ0v) is 12.9. The van der Waals surface area contributed by atoms with Gasteiger partial charge in [0.1, 0.15) is 0 Å². The Kier molecular flexibility index (Phi) is 5.37. The molecule has 0 amide bonds. The molecule has 116 valence electrons. The van der Waals surface area contributed by atoms with Crippen LogP contribution in [0.1, 0.15) is 48.5 Å². The lowest BCUT2D eigenvalue weighted by Crippen LogP contribution is -2.51. The highest BCUT2D eigenvalue weighted by Gasteiger charge is 2.34. The van der Waals surface area contributed by atoms with Crippen LogP contribution in [-0.4, -0.2) is 30.3 Å². The van der Waals surface area contributed by atoms with Gasteiger partial charge < -0.3 is 15.2 Å². The van der Waals surface area contributed by atoms with Gasteiger partial charge in [0.05, 0.1) is 19.3 Å². The molecule has 0 saturated heterocycles. The number of carbonyl (C=O) groups excluding carboxylic acids is 1. The zero-order valence-electron chi connectivity index (χ0n) is 12.9. The summed E-state index contributed by atoms with van der Waals surface area (Å²) < 4.78 is 4.82. The fraction of sp³-hybridized carbons (Fsp3) is 0.588. The second kappa shape index (κ2) is 7.05. The van der Waals surface area contributed by atoms with Crippen molar-refractivity contribution in [3.05, 3.63) is 35.4 Å². The predicted molar refractivity (Wildman–Crippen MR) is 82.1 cm³/mol. The van der Waals surface area contributed by atoms with E-state index in [-0.39, 0.29) is 18.1 Å². The Morgan fingerprint density at radius 1 is 1.48 bits per heavy atom. The molecule has 0 bridgehead atoms. The summed E-state index contributed by atoms with van der Waals surface area (Å²) in [6, 6.07) is 7.45. The summed E-state index contributed by atoms with van der Waals surface area (Å²) in [4.78, 5) is 11.8. The van der Waals surface area contributed by atoms with Gasteiger partial charge in [-0.3, -0.25) is 0 Å². The lowest BCUT2D eigenvalue weighted by atomic mass is 9.76. The van der Waals surface area contributed by atoms with Gasteiger partial charge in [0, 0.05) is 12.1 Å². The van der Waals surface area contributed by atoms with Crippen LogP contribution in [0.4, 0.5) is 0 Å². The van der Waals surface area contributed by atoms with E-state index in [2.05, 4.69) is 12.2 Å². The number of methoxy groups -OCH3 is 1. The third-order valence-corrected chi connectivity index (χ3v) is 4.47. The van der Waals surface area contributed by atoms with Crippen LogP contribution in [0.25, 0.3) is 0 Å². The Balaban J connectivity index is 2.10. The Hall–Kier alpha value is -1.39. The van der Waals surface area contributed by atoms with Crippen LogP contribution in [0.2, 0.25) is 0 Å². The first-order valence-electron chi connectivity index (χ1n) is 7.62. The first-order chi connectivity index (χ1) is 10.1. The molecule has 0 aromatic heterocycles. The maximum atomic E-state index is 11.8. The van der Waals surface area contributed by atoms with E-state index < -0.39 is 0 Å². The van der Waals surface area contributed by atoms with Crippen LogP contribution < -0.4 is 5.32 Å². The van der Waals surface area contributed by atoms with Crippen LogP contribution in [0.5, 0.6) is 0 Å². The van der Waals surface area contributed by atoms with Gasteiger partial charge in [-0.1, -0.05) is 38.0 Å². The molecule has 1 saturated carbocycles. The van der Waals surface area contributed by atoms with Crippen molar-refractivity contribution in [2.45, 2.75) is 44.7 Å². The number of benzene rings is 1. The molecule has 0 heterocycles. The molecule has 0 aliphatic heterocycles. The van der Waals surface area contributed by atoms with E-state index in [9.17, 15) is 9.90 Å². The fourth-order valence-corrected chi connectivity index (χ4v) is 3.29. The van der Waals surface area contributed by atoms with Crippen LogP contribution in [0.15, 0.2) is 24.3 Å². The van der Waals surface area contributed by atoms with E-state index in [1.54, 1.807) is 6.07 Å². The summed E-state index contributed by atoms with van der Waals surface area (Å²) in [5.41, 5.74) is 1.28. The molecule has 4 heteroatoms. The molecular formula is C17H25NO3. The maximum absolute atomic E-state index is 11.8. The SMILES string of the molecule is COC(=O)c1ccccc1CNC1(CO)CCCC(C)C1. The van der Waals surface area contributed by atoms with Gasteiger partial charge >= 0.3 is 5.97 Å². The van der Waals surface area contributed by atoms with Crippen molar-refractivity contribution in [1.82, 2.24) is 5.32 Å². The molecule has 2 N–H and O–H groups in total. The Labute approximate surface area is 126 Å². The Morgan fingerprint density at radius 3 is 2.90 bits per heavy atom. The molecule has 1 aromatic carbocycles. The molecule has 2 unspecified atom stereocenters. The number of nitrogens with one attached hydrogen (secondary N) is 1. The number of hydrogen-bond donors (Lipinski definition) is 2. The van der Waals surface area contributed by atoms with E-state index in [4.69, 9.17) is 4.74 Å². The highest BCUT2D eigenvalue weighted by atomic mass is 16.5. The van der Waals surface area contributed by atoms with E-state index >= 15 is 0 Å². The van der Waals surface area contributed by atoms with E-state index in [0.29, 0.717) is 18.0 Å². The second-order valence-electron chi connectivity index (χ2n) is 6.14. The van der Waals surface area contributed by atoms with Crippen molar-refractivity contribution in [3.63, 3.8) is 0 Å². The summed E-state index contributed by atoms with van der Waals surface area (Å²) in [5.74, 6) is 0.303. The number of esters is 1. The van der Waals surface area contributed by atoms with Crippen LogP contribution >= 0.6 is 0 Å². The predicted octanol–water partition coefficient (Wildman–Crippen LogP) is 2.50. The lowest BCUT2D eigenvalue weighted by Gasteiger charge is -2.39. The molecule has 1 aliphatic carbocycles. The van der Waals surface area contributed by atoms with Crippen molar-refractivity contribution in [2.24, 2.45) is 5.92 Å². The minimum atomic E-state index is -0.317. The third-order valence-electron chi connectivity index (χ3n) is 4.47. The number of rotatable bonds is 5. The van der Waals surface area contributed by atoms with Crippen molar-refractivity contribution in [2.75, 3.05) is 13.7 Å². The fourth-order valence-electron chi connectivity index (χ4n) is 3.29. The van der Waals surface area contributed by atoms with E-state index in [1.165, 1.54) is 13.5 Å². The molecule has 1 aromatic rings. The molecule has 1 aliphatic rings. The number of carbonyl (C=O) groups is 1. The number of aliphatic hydroxyl groups is 1. The van der Waals surface area contributed by atoms with Crippen LogP contribution in [0, 0.1) is 5.92 Å². The van der Waals surface area contributed by atoms with Gasteiger partial charge in [0.25, 0.3) is 0 Å². The largest absolute Gasteiger partial charge is 0.465 e. The molecule has 2 atom stereocenters. The monoisotopic (exact) mass is 291 g/mol. The third kappa shape index (κ3) is 3.83. The average molecular weight is 291 g/mol. The highest BCUT2D eigenvalue weighted by molar-refractivity contribution is 5.90.